The second-order valence-electron chi connectivity index (χ2n) is 5.81. The summed E-state index contributed by atoms with van der Waals surface area (Å²) in [4.78, 5) is 47.2. The van der Waals surface area contributed by atoms with E-state index in [4.69, 9.17) is 4.42 Å². The Bertz CT molecular complexity index is 1090. The molecule has 0 saturated carbocycles. The van der Waals surface area contributed by atoms with Crippen LogP contribution >= 0.6 is 0 Å². The molecule has 0 unspecified atom stereocenters. The van der Waals surface area contributed by atoms with Crippen LogP contribution in [0.3, 0.4) is 0 Å². The molecule has 0 atom stereocenters. The first-order valence-corrected chi connectivity index (χ1v) is 8.01. The van der Waals surface area contributed by atoms with Gasteiger partial charge in [0.25, 0.3) is 0 Å². The highest BCUT2D eigenvalue weighted by Gasteiger charge is 2.16. The Morgan fingerprint density at radius 2 is 1.74 bits per heavy atom. The molecule has 0 bridgehead atoms. The lowest BCUT2D eigenvalue weighted by atomic mass is 10.1. The number of anilines is 1. The summed E-state index contributed by atoms with van der Waals surface area (Å²) in [5.74, 6) is -1.76. The van der Waals surface area contributed by atoms with Gasteiger partial charge < -0.3 is 14.5 Å². The Morgan fingerprint density at radius 1 is 1.07 bits per heavy atom. The molecular weight excluding hydrogens is 352 g/mol. The molecule has 0 saturated heterocycles. The molecule has 3 aromatic rings. The van der Waals surface area contributed by atoms with E-state index in [0.29, 0.717) is 16.8 Å². The quantitative estimate of drug-likeness (QED) is 0.546. The predicted molar refractivity (Wildman–Crippen MR) is 96.9 cm³/mol. The summed E-state index contributed by atoms with van der Waals surface area (Å²) in [7, 11) is 1.25. The van der Waals surface area contributed by atoms with Crippen molar-refractivity contribution in [3.8, 4) is 0 Å². The van der Waals surface area contributed by atoms with Crippen molar-refractivity contribution in [3.05, 3.63) is 64.1 Å². The topological polar surface area (TPSA) is 108 Å². The van der Waals surface area contributed by atoms with E-state index >= 15 is 0 Å². The normalized spacial score (nSPS) is 10.6. The maximum absolute atomic E-state index is 12.5. The first-order valence-electron chi connectivity index (χ1n) is 8.01. The van der Waals surface area contributed by atoms with Gasteiger partial charge in [-0.05, 0) is 42.5 Å². The molecule has 3 rings (SSSR count). The molecule has 1 heterocycles. The highest BCUT2D eigenvalue weighted by Crippen LogP contribution is 2.17. The van der Waals surface area contributed by atoms with Crippen molar-refractivity contribution in [2.75, 3.05) is 12.4 Å². The van der Waals surface area contributed by atoms with Crippen LogP contribution in [0, 0.1) is 0 Å². The summed E-state index contributed by atoms with van der Waals surface area (Å²) in [6, 6.07) is 10.8. The van der Waals surface area contributed by atoms with Gasteiger partial charge in [-0.2, -0.15) is 0 Å². The maximum Gasteiger partial charge on any atom is 0.420 e. The molecule has 1 amide bonds. The van der Waals surface area contributed by atoms with E-state index in [1.807, 2.05) is 0 Å². The van der Waals surface area contributed by atoms with E-state index in [0.717, 1.165) is 0 Å². The lowest BCUT2D eigenvalue weighted by molar-refractivity contribution is -0.114. The fourth-order valence-electron chi connectivity index (χ4n) is 2.64. The SMILES string of the molecule is COC(=O)c1ccc2c(c1)oc(=O)n2CC(=O)c1ccc(NC(C)=O)cc1. The van der Waals surface area contributed by atoms with Gasteiger partial charge >= 0.3 is 11.7 Å². The molecule has 2 aromatic carbocycles. The van der Waals surface area contributed by atoms with Crippen molar-refractivity contribution >= 4 is 34.4 Å². The Labute approximate surface area is 153 Å². The Kier molecular flexibility index (Phi) is 4.89. The number of hydrogen-bond acceptors (Lipinski definition) is 6. The highest BCUT2D eigenvalue weighted by molar-refractivity contribution is 5.98. The summed E-state index contributed by atoms with van der Waals surface area (Å²) in [6.45, 7) is 1.17. The Hall–Kier alpha value is -3.68. The number of benzene rings is 2. The number of oxazole rings is 1. The number of Topliss-reactive ketones (excluding diaryl/α,β-unsaturated/α-hetero) is 1. The number of nitrogens with zero attached hydrogens (tertiary/aromatic N) is 1. The number of hydrogen-bond donors (Lipinski definition) is 1. The zero-order valence-corrected chi connectivity index (χ0v) is 14.6. The molecule has 0 aliphatic carbocycles. The summed E-state index contributed by atoms with van der Waals surface area (Å²) in [5.41, 5.74) is 1.79. The van der Waals surface area contributed by atoms with Crippen LogP contribution in [0.25, 0.3) is 11.1 Å². The lowest BCUT2D eigenvalue weighted by Gasteiger charge is -2.05. The minimum atomic E-state index is -0.699. The van der Waals surface area contributed by atoms with E-state index in [1.54, 1.807) is 24.3 Å². The molecule has 8 nitrogen and oxygen atoms in total. The van der Waals surface area contributed by atoms with E-state index < -0.39 is 11.7 Å². The van der Waals surface area contributed by atoms with Crippen molar-refractivity contribution in [3.63, 3.8) is 0 Å². The van der Waals surface area contributed by atoms with Crippen LogP contribution in [0.4, 0.5) is 5.69 Å². The second kappa shape index (κ2) is 7.28. The number of esters is 1. The molecule has 0 aliphatic heterocycles. The largest absolute Gasteiger partial charge is 0.465 e. The van der Waals surface area contributed by atoms with Crippen LogP contribution in [-0.2, 0) is 16.1 Å². The van der Waals surface area contributed by atoms with Crippen LogP contribution in [0.5, 0.6) is 0 Å². The number of nitrogens with one attached hydrogen (secondary N) is 1. The van der Waals surface area contributed by atoms with Crippen molar-refractivity contribution in [1.29, 1.82) is 0 Å². The Morgan fingerprint density at radius 3 is 2.37 bits per heavy atom. The number of rotatable bonds is 5. The minimum absolute atomic E-state index is 0.191. The maximum atomic E-state index is 12.5. The van der Waals surface area contributed by atoms with Gasteiger partial charge in [0.05, 0.1) is 24.7 Å². The van der Waals surface area contributed by atoms with E-state index in [1.165, 1.54) is 36.8 Å². The van der Waals surface area contributed by atoms with Crippen LogP contribution in [0.2, 0.25) is 0 Å². The first-order chi connectivity index (χ1) is 12.9. The number of fused-ring (bicyclic) bond motifs is 1. The summed E-state index contributed by atoms with van der Waals surface area (Å²) in [5, 5.41) is 2.61. The number of methoxy groups -OCH3 is 1. The highest BCUT2D eigenvalue weighted by atomic mass is 16.5. The molecule has 27 heavy (non-hydrogen) atoms. The number of amides is 1. The van der Waals surface area contributed by atoms with Gasteiger partial charge in [0.1, 0.15) is 0 Å². The van der Waals surface area contributed by atoms with Gasteiger partial charge in [-0.25, -0.2) is 9.59 Å². The standard InChI is InChI=1S/C19H16N2O6/c1-11(22)20-14-6-3-12(4-7-14)16(23)10-21-15-8-5-13(18(24)26-2)9-17(15)27-19(21)25/h3-9H,10H2,1-2H3,(H,20,22). The molecule has 1 N–H and O–H groups in total. The Balaban J connectivity index is 1.86. The first kappa shape index (κ1) is 18.1. The van der Waals surface area contributed by atoms with Crippen LogP contribution in [0.15, 0.2) is 51.7 Å². The summed E-state index contributed by atoms with van der Waals surface area (Å²) in [6.07, 6.45) is 0. The smallest absolute Gasteiger partial charge is 0.420 e. The van der Waals surface area contributed by atoms with E-state index in [-0.39, 0.29) is 29.4 Å². The zero-order valence-electron chi connectivity index (χ0n) is 14.6. The molecule has 0 aliphatic rings. The fraction of sp³-hybridized carbons (Fsp3) is 0.158. The molecule has 0 fully saturated rings. The van der Waals surface area contributed by atoms with Crippen molar-refractivity contribution < 1.29 is 23.5 Å². The number of aromatic nitrogens is 1. The average Bonchev–Trinajstić information content (AvgIpc) is 2.95. The van der Waals surface area contributed by atoms with Gasteiger partial charge in [-0.1, -0.05) is 0 Å². The summed E-state index contributed by atoms with van der Waals surface area (Å²) < 4.78 is 11.0. The number of carbonyl (C=O) groups excluding carboxylic acids is 3. The molecule has 0 radical (unpaired) electrons. The third kappa shape index (κ3) is 3.79. The molecule has 8 heteroatoms. The molecular formula is C19H16N2O6. The van der Waals surface area contributed by atoms with Crippen molar-refractivity contribution in [1.82, 2.24) is 4.57 Å². The molecule has 138 valence electrons. The van der Waals surface area contributed by atoms with E-state index in [9.17, 15) is 19.2 Å². The van der Waals surface area contributed by atoms with Crippen molar-refractivity contribution in [2.24, 2.45) is 0 Å². The third-order valence-electron chi connectivity index (χ3n) is 3.92. The fourth-order valence-corrected chi connectivity index (χ4v) is 2.64. The summed E-state index contributed by atoms with van der Waals surface area (Å²) >= 11 is 0. The predicted octanol–water partition coefficient (Wildman–Crippen LogP) is 2.22. The van der Waals surface area contributed by atoms with Gasteiger partial charge in [0, 0.05) is 18.2 Å². The van der Waals surface area contributed by atoms with Crippen molar-refractivity contribution in [2.45, 2.75) is 13.5 Å². The van der Waals surface area contributed by atoms with Crippen LogP contribution in [0.1, 0.15) is 27.6 Å². The third-order valence-corrected chi connectivity index (χ3v) is 3.92. The average molecular weight is 368 g/mol. The van der Waals surface area contributed by atoms with Gasteiger partial charge in [-0.3, -0.25) is 14.2 Å². The number of ether oxygens (including phenoxy) is 1. The number of carbonyl (C=O) groups is 3. The lowest BCUT2D eigenvalue weighted by Crippen LogP contribution is -2.20. The van der Waals surface area contributed by atoms with Gasteiger partial charge in [0.15, 0.2) is 11.4 Å². The monoisotopic (exact) mass is 368 g/mol. The van der Waals surface area contributed by atoms with Gasteiger partial charge in [-0.15, -0.1) is 0 Å². The van der Waals surface area contributed by atoms with E-state index in [2.05, 4.69) is 10.1 Å². The van der Waals surface area contributed by atoms with Crippen LogP contribution in [-0.4, -0.2) is 29.3 Å². The second-order valence-corrected chi connectivity index (χ2v) is 5.81. The molecule has 1 aromatic heterocycles. The van der Waals surface area contributed by atoms with Crippen LogP contribution < -0.4 is 11.1 Å². The zero-order chi connectivity index (χ0) is 19.6. The van der Waals surface area contributed by atoms with Gasteiger partial charge in [0.2, 0.25) is 5.91 Å². The minimum Gasteiger partial charge on any atom is -0.465 e. The molecule has 0 spiro atoms. The number of ketones is 1.